The molecule has 1 aromatic rings. The summed E-state index contributed by atoms with van der Waals surface area (Å²) in [5, 5.41) is 0. The van der Waals surface area contributed by atoms with Crippen molar-refractivity contribution in [3.63, 3.8) is 0 Å². The van der Waals surface area contributed by atoms with E-state index in [-0.39, 0.29) is 0 Å². The van der Waals surface area contributed by atoms with Gasteiger partial charge in [0.25, 0.3) is 0 Å². The second-order valence-corrected chi connectivity index (χ2v) is 5.27. The minimum Gasteiger partial charge on any atom is -0.496 e. The normalized spacial score (nSPS) is 12.7. The molecular weight excluding hydrogens is 224 g/mol. The van der Waals surface area contributed by atoms with Crippen LogP contribution in [0.4, 0.5) is 5.69 Å². The van der Waals surface area contributed by atoms with Crippen molar-refractivity contribution in [1.82, 2.24) is 0 Å². The smallest absolute Gasteiger partial charge is 0.122 e. The molecule has 1 atom stereocenters. The van der Waals surface area contributed by atoms with Crippen molar-refractivity contribution >= 4 is 5.69 Å². The minimum atomic E-state index is 0.358. The SMILES string of the molecule is COc1cc(C)c(N(C)C(CN)C(C)C)cc1C. The first-order chi connectivity index (χ1) is 8.42. The van der Waals surface area contributed by atoms with Crippen molar-refractivity contribution in [2.24, 2.45) is 11.7 Å². The molecule has 0 spiro atoms. The number of benzene rings is 1. The topological polar surface area (TPSA) is 38.5 Å². The molecule has 0 aliphatic heterocycles. The number of anilines is 1. The van der Waals surface area contributed by atoms with Crippen LogP contribution in [-0.4, -0.2) is 26.7 Å². The van der Waals surface area contributed by atoms with E-state index in [9.17, 15) is 0 Å². The number of aryl methyl sites for hydroxylation is 2. The van der Waals surface area contributed by atoms with Gasteiger partial charge < -0.3 is 15.4 Å². The molecule has 0 heterocycles. The first-order valence-corrected chi connectivity index (χ1v) is 6.50. The molecule has 0 bridgehead atoms. The van der Waals surface area contributed by atoms with Gasteiger partial charge in [0.2, 0.25) is 0 Å². The zero-order chi connectivity index (χ0) is 13.9. The third-order valence-electron chi connectivity index (χ3n) is 3.60. The summed E-state index contributed by atoms with van der Waals surface area (Å²) < 4.78 is 5.35. The van der Waals surface area contributed by atoms with Crippen molar-refractivity contribution < 1.29 is 4.74 Å². The second kappa shape index (κ2) is 6.10. The Morgan fingerprint density at radius 2 is 1.83 bits per heavy atom. The highest BCUT2D eigenvalue weighted by Crippen LogP contribution is 2.30. The summed E-state index contributed by atoms with van der Waals surface area (Å²) in [7, 11) is 3.83. The first kappa shape index (κ1) is 14.8. The maximum absolute atomic E-state index is 5.89. The monoisotopic (exact) mass is 250 g/mol. The molecule has 0 aliphatic carbocycles. The first-order valence-electron chi connectivity index (χ1n) is 6.50. The molecule has 0 radical (unpaired) electrons. The summed E-state index contributed by atoms with van der Waals surface area (Å²) in [4.78, 5) is 2.28. The van der Waals surface area contributed by atoms with Crippen LogP contribution < -0.4 is 15.4 Å². The van der Waals surface area contributed by atoms with E-state index in [1.807, 2.05) is 0 Å². The van der Waals surface area contributed by atoms with Crippen molar-refractivity contribution in [3.8, 4) is 5.75 Å². The fourth-order valence-electron chi connectivity index (χ4n) is 2.43. The van der Waals surface area contributed by atoms with Gasteiger partial charge in [0, 0.05) is 25.3 Å². The quantitative estimate of drug-likeness (QED) is 0.873. The van der Waals surface area contributed by atoms with E-state index >= 15 is 0 Å². The Bertz CT molecular complexity index is 402. The molecule has 102 valence electrons. The molecular formula is C15H26N2O. The Hall–Kier alpha value is -1.22. The predicted octanol–water partition coefficient (Wildman–Crippen LogP) is 2.73. The van der Waals surface area contributed by atoms with E-state index in [2.05, 4.69) is 51.8 Å². The van der Waals surface area contributed by atoms with Crippen molar-refractivity contribution in [2.75, 3.05) is 25.6 Å². The van der Waals surface area contributed by atoms with Crippen molar-refractivity contribution in [1.29, 1.82) is 0 Å². The Kier molecular flexibility index (Phi) is 5.03. The third-order valence-corrected chi connectivity index (χ3v) is 3.60. The fraction of sp³-hybridized carbons (Fsp3) is 0.600. The Balaban J connectivity index is 3.13. The standard InChI is InChI=1S/C15H26N2O/c1-10(2)14(9-16)17(5)13-7-12(4)15(18-6)8-11(13)3/h7-8,10,14H,9,16H2,1-6H3. The maximum Gasteiger partial charge on any atom is 0.122 e. The van der Waals surface area contributed by atoms with Crippen LogP contribution in [0.15, 0.2) is 12.1 Å². The van der Waals surface area contributed by atoms with E-state index in [1.54, 1.807) is 7.11 Å². The van der Waals surface area contributed by atoms with E-state index in [0.29, 0.717) is 18.5 Å². The number of likely N-dealkylation sites (N-methyl/N-ethyl adjacent to an activating group) is 1. The summed E-state index contributed by atoms with van der Waals surface area (Å²) in [6.45, 7) is 9.27. The van der Waals surface area contributed by atoms with Crippen LogP contribution in [0.5, 0.6) is 5.75 Å². The molecule has 0 amide bonds. The molecule has 3 nitrogen and oxygen atoms in total. The van der Waals surface area contributed by atoms with Crippen molar-refractivity contribution in [2.45, 2.75) is 33.7 Å². The third kappa shape index (κ3) is 2.96. The highest BCUT2D eigenvalue weighted by molar-refractivity contribution is 5.59. The molecule has 1 unspecified atom stereocenters. The predicted molar refractivity (Wildman–Crippen MR) is 78.6 cm³/mol. The van der Waals surface area contributed by atoms with Gasteiger partial charge in [0.1, 0.15) is 5.75 Å². The zero-order valence-electron chi connectivity index (χ0n) is 12.4. The Morgan fingerprint density at radius 1 is 1.22 bits per heavy atom. The molecule has 0 aromatic heterocycles. The summed E-state index contributed by atoms with van der Waals surface area (Å²) in [6.07, 6.45) is 0. The molecule has 2 N–H and O–H groups in total. The minimum absolute atomic E-state index is 0.358. The molecule has 18 heavy (non-hydrogen) atoms. The van der Waals surface area contributed by atoms with Gasteiger partial charge in [-0.3, -0.25) is 0 Å². The van der Waals surface area contributed by atoms with Crippen LogP contribution in [0.1, 0.15) is 25.0 Å². The van der Waals surface area contributed by atoms with Gasteiger partial charge in [-0.1, -0.05) is 13.8 Å². The average molecular weight is 250 g/mol. The lowest BCUT2D eigenvalue weighted by molar-refractivity contribution is 0.411. The van der Waals surface area contributed by atoms with Gasteiger partial charge >= 0.3 is 0 Å². The Labute approximate surface area is 111 Å². The largest absolute Gasteiger partial charge is 0.496 e. The fourth-order valence-corrected chi connectivity index (χ4v) is 2.43. The summed E-state index contributed by atoms with van der Waals surface area (Å²) in [5.74, 6) is 1.47. The molecule has 0 saturated heterocycles. The maximum atomic E-state index is 5.89. The van der Waals surface area contributed by atoms with Crippen molar-refractivity contribution in [3.05, 3.63) is 23.3 Å². The van der Waals surface area contributed by atoms with Gasteiger partial charge in [-0.2, -0.15) is 0 Å². The van der Waals surface area contributed by atoms with Crippen LogP contribution in [0.25, 0.3) is 0 Å². The van der Waals surface area contributed by atoms with Crippen LogP contribution in [0.3, 0.4) is 0 Å². The number of methoxy groups -OCH3 is 1. The highest BCUT2D eigenvalue weighted by Gasteiger charge is 2.19. The van der Waals surface area contributed by atoms with E-state index in [4.69, 9.17) is 10.5 Å². The second-order valence-electron chi connectivity index (χ2n) is 5.27. The molecule has 3 heteroatoms. The van der Waals surface area contributed by atoms with Crippen LogP contribution in [0.2, 0.25) is 0 Å². The number of nitrogens with zero attached hydrogens (tertiary/aromatic N) is 1. The lowest BCUT2D eigenvalue weighted by Crippen LogP contribution is -2.42. The number of rotatable bonds is 5. The summed E-state index contributed by atoms with van der Waals surface area (Å²) in [5.41, 5.74) is 9.50. The average Bonchev–Trinajstić information content (AvgIpc) is 2.31. The van der Waals surface area contributed by atoms with E-state index < -0.39 is 0 Å². The van der Waals surface area contributed by atoms with E-state index in [1.165, 1.54) is 11.3 Å². The molecule has 1 aromatic carbocycles. The zero-order valence-corrected chi connectivity index (χ0v) is 12.4. The van der Waals surface area contributed by atoms with Gasteiger partial charge in [-0.05, 0) is 43.0 Å². The van der Waals surface area contributed by atoms with Gasteiger partial charge in [-0.15, -0.1) is 0 Å². The summed E-state index contributed by atoms with van der Waals surface area (Å²) >= 11 is 0. The lowest BCUT2D eigenvalue weighted by atomic mass is 10.0. The van der Waals surface area contributed by atoms with Crippen LogP contribution in [0, 0.1) is 19.8 Å². The van der Waals surface area contributed by atoms with Gasteiger partial charge in [-0.25, -0.2) is 0 Å². The highest BCUT2D eigenvalue weighted by atomic mass is 16.5. The van der Waals surface area contributed by atoms with Crippen LogP contribution >= 0.6 is 0 Å². The molecule has 1 rings (SSSR count). The van der Waals surface area contributed by atoms with E-state index in [0.717, 1.165) is 11.3 Å². The molecule has 0 saturated carbocycles. The number of ether oxygens (including phenoxy) is 1. The Morgan fingerprint density at radius 3 is 2.28 bits per heavy atom. The molecule has 0 aliphatic rings. The number of hydrogen-bond donors (Lipinski definition) is 1. The lowest BCUT2D eigenvalue weighted by Gasteiger charge is -2.33. The van der Waals surface area contributed by atoms with Crippen LogP contribution in [-0.2, 0) is 0 Å². The number of nitrogens with two attached hydrogens (primary N) is 1. The van der Waals surface area contributed by atoms with Gasteiger partial charge in [0.05, 0.1) is 7.11 Å². The summed E-state index contributed by atoms with van der Waals surface area (Å²) in [6, 6.07) is 4.63. The number of hydrogen-bond acceptors (Lipinski definition) is 3. The molecule has 0 fully saturated rings. The van der Waals surface area contributed by atoms with Gasteiger partial charge in [0.15, 0.2) is 0 Å².